The van der Waals surface area contributed by atoms with Crippen molar-refractivity contribution in [3.63, 3.8) is 0 Å². The molecule has 0 atom stereocenters. The van der Waals surface area contributed by atoms with Gasteiger partial charge in [0, 0.05) is 12.1 Å². The van der Waals surface area contributed by atoms with Crippen LogP contribution in [0.2, 0.25) is 0 Å². The molecule has 2 heterocycles. The summed E-state index contributed by atoms with van der Waals surface area (Å²) in [5, 5.41) is 3.80. The van der Waals surface area contributed by atoms with E-state index in [0.717, 1.165) is 39.2 Å². The lowest BCUT2D eigenvalue weighted by atomic mass is 10.1. The van der Waals surface area contributed by atoms with E-state index in [9.17, 15) is 13.2 Å². The van der Waals surface area contributed by atoms with Gasteiger partial charge in [0.2, 0.25) is 5.82 Å². The van der Waals surface area contributed by atoms with E-state index in [4.69, 9.17) is 14.0 Å². The van der Waals surface area contributed by atoms with Gasteiger partial charge in [-0.2, -0.15) is 18.2 Å². The normalized spacial score (nSPS) is 15.9. The number of nitrogens with zero attached hydrogens (tertiary/aromatic N) is 3. The molecule has 0 spiro atoms. The Balaban J connectivity index is 1.51. The van der Waals surface area contributed by atoms with Crippen LogP contribution in [0.3, 0.4) is 0 Å². The second kappa shape index (κ2) is 8.48. The predicted octanol–water partition coefficient (Wildman–Crippen LogP) is 4.07. The van der Waals surface area contributed by atoms with Crippen molar-refractivity contribution in [3.05, 3.63) is 30.2 Å². The summed E-state index contributed by atoms with van der Waals surface area (Å²) in [5.74, 6) is 1.01. The molecule has 1 aliphatic heterocycles. The zero-order valence-electron chi connectivity index (χ0n) is 16.0. The highest BCUT2D eigenvalue weighted by molar-refractivity contribution is 5.55. The molecule has 0 unspecified atom stereocenters. The molecule has 1 aromatic heterocycles. The SMILES string of the molecule is CC(C)(OCc1nc(-c2ccc(OCCN3CCCC3)cc2)no1)C(F)(F)F. The van der Waals surface area contributed by atoms with E-state index in [1.807, 2.05) is 0 Å². The van der Waals surface area contributed by atoms with Crippen molar-refractivity contribution in [1.82, 2.24) is 15.0 Å². The average Bonchev–Trinajstić information content (AvgIpc) is 3.32. The summed E-state index contributed by atoms with van der Waals surface area (Å²) >= 11 is 0. The van der Waals surface area contributed by atoms with Crippen LogP contribution < -0.4 is 4.74 Å². The molecule has 1 aromatic carbocycles. The second-order valence-corrected chi connectivity index (χ2v) is 7.23. The average molecular weight is 399 g/mol. The van der Waals surface area contributed by atoms with Crippen molar-refractivity contribution in [2.45, 2.75) is 45.1 Å². The Kier molecular flexibility index (Phi) is 6.24. The number of ether oxygens (including phenoxy) is 2. The van der Waals surface area contributed by atoms with Crippen molar-refractivity contribution in [3.8, 4) is 17.1 Å². The smallest absolute Gasteiger partial charge is 0.416 e. The minimum Gasteiger partial charge on any atom is -0.492 e. The topological polar surface area (TPSA) is 60.6 Å². The van der Waals surface area contributed by atoms with Gasteiger partial charge in [0.25, 0.3) is 5.89 Å². The van der Waals surface area contributed by atoms with Crippen molar-refractivity contribution >= 4 is 0 Å². The lowest BCUT2D eigenvalue weighted by Gasteiger charge is -2.27. The van der Waals surface area contributed by atoms with Gasteiger partial charge >= 0.3 is 6.18 Å². The Labute approximate surface area is 161 Å². The van der Waals surface area contributed by atoms with E-state index in [-0.39, 0.29) is 11.7 Å². The number of hydrogen-bond donors (Lipinski definition) is 0. The maximum absolute atomic E-state index is 12.8. The third-order valence-corrected chi connectivity index (χ3v) is 4.69. The molecule has 1 aliphatic rings. The first-order chi connectivity index (χ1) is 13.2. The summed E-state index contributed by atoms with van der Waals surface area (Å²) in [7, 11) is 0. The highest BCUT2D eigenvalue weighted by Crippen LogP contribution is 2.33. The van der Waals surface area contributed by atoms with Crippen molar-refractivity contribution in [2.24, 2.45) is 0 Å². The molecular formula is C19H24F3N3O3. The lowest BCUT2D eigenvalue weighted by Crippen LogP contribution is -2.41. The Morgan fingerprint density at radius 2 is 1.79 bits per heavy atom. The van der Waals surface area contributed by atoms with Gasteiger partial charge in [-0.1, -0.05) is 5.16 Å². The van der Waals surface area contributed by atoms with Gasteiger partial charge in [-0.3, -0.25) is 4.90 Å². The van der Waals surface area contributed by atoms with Gasteiger partial charge < -0.3 is 14.0 Å². The molecule has 1 fully saturated rings. The molecule has 3 rings (SSSR count). The molecule has 6 nitrogen and oxygen atoms in total. The first kappa shape index (κ1) is 20.6. The van der Waals surface area contributed by atoms with E-state index < -0.39 is 18.4 Å². The van der Waals surface area contributed by atoms with E-state index in [0.29, 0.717) is 12.2 Å². The van der Waals surface area contributed by atoms with Crippen molar-refractivity contribution in [1.29, 1.82) is 0 Å². The Bertz CT molecular complexity index is 754. The van der Waals surface area contributed by atoms with Gasteiger partial charge in [-0.25, -0.2) is 0 Å². The molecule has 0 N–H and O–H groups in total. The largest absolute Gasteiger partial charge is 0.492 e. The highest BCUT2D eigenvalue weighted by Gasteiger charge is 2.48. The van der Waals surface area contributed by atoms with Crippen LogP contribution in [-0.2, 0) is 11.3 Å². The van der Waals surface area contributed by atoms with Crippen LogP contribution in [0.25, 0.3) is 11.4 Å². The third kappa shape index (κ3) is 5.23. The van der Waals surface area contributed by atoms with Crippen LogP contribution in [-0.4, -0.2) is 53.1 Å². The minimum atomic E-state index is -4.49. The van der Waals surface area contributed by atoms with Gasteiger partial charge in [0.15, 0.2) is 5.60 Å². The molecule has 0 radical (unpaired) electrons. The molecule has 9 heteroatoms. The van der Waals surface area contributed by atoms with Gasteiger partial charge in [0.1, 0.15) is 19.0 Å². The van der Waals surface area contributed by atoms with E-state index in [1.54, 1.807) is 24.3 Å². The fourth-order valence-corrected chi connectivity index (χ4v) is 2.75. The van der Waals surface area contributed by atoms with Crippen molar-refractivity contribution in [2.75, 3.05) is 26.2 Å². The number of hydrogen-bond acceptors (Lipinski definition) is 6. The summed E-state index contributed by atoms with van der Waals surface area (Å²) in [6.07, 6.45) is -1.99. The van der Waals surface area contributed by atoms with E-state index in [1.165, 1.54) is 12.8 Å². The monoisotopic (exact) mass is 399 g/mol. The fraction of sp³-hybridized carbons (Fsp3) is 0.579. The maximum Gasteiger partial charge on any atom is 0.416 e. The molecule has 1 saturated heterocycles. The lowest BCUT2D eigenvalue weighted by molar-refractivity contribution is -0.268. The molecular weight excluding hydrogens is 375 g/mol. The first-order valence-electron chi connectivity index (χ1n) is 9.23. The molecule has 0 aliphatic carbocycles. The summed E-state index contributed by atoms with van der Waals surface area (Å²) in [5.41, 5.74) is -1.62. The van der Waals surface area contributed by atoms with Crippen LogP contribution in [0.1, 0.15) is 32.6 Å². The minimum absolute atomic E-state index is 0.0155. The van der Waals surface area contributed by atoms with Gasteiger partial charge in [-0.15, -0.1) is 0 Å². The molecule has 28 heavy (non-hydrogen) atoms. The predicted molar refractivity (Wildman–Crippen MR) is 95.8 cm³/mol. The van der Waals surface area contributed by atoms with Crippen molar-refractivity contribution < 1.29 is 27.2 Å². The van der Waals surface area contributed by atoms with E-state index in [2.05, 4.69) is 15.0 Å². The summed E-state index contributed by atoms with van der Waals surface area (Å²) in [4.78, 5) is 6.46. The number of halogens is 3. The van der Waals surface area contributed by atoms with Crippen LogP contribution in [0.5, 0.6) is 5.75 Å². The first-order valence-corrected chi connectivity index (χ1v) is 9.23. The summed E-state index contributed by atoms with van der Waals surface area (Å²) < 4.78 is 54.1. The fourth-order valence-electron chi connectivity index (χ4n) is 2.75. The Morgan fingerprint density at radius 1 is 1.11 bits per heavy atom. The Morgan fingerprint density at radius 3 is 2.43 bits per heavy atom. The van der Waals surface area contributed by atoms with Crippen LogP contribution in [0.15, 0.2) is 28.8 Å². The number of likely N-dealkylation sites (tertiary alicyclic amines) is 1. The molecule has 0 bridgehead atoms. The zero-order chi connectivity index (χ0) is 20.2. The quantitative estimate of drug-likeness (QED) is 0.667. The standard InChI is InChI=1S/C19H24F3N3O3/c1-18(2,19(20,21)22)27-13-16-23-17(24-28-16)14-5-7-15(8-6-14)26-12-11-25-9-3-4-10-25/h5-8H,3-4,9-13H2,1-2H3. The molecule has 0 saturated carbocycles. The van der Waals surface area contributed by atoms with Crippen LogP contribution >= 0.6 is 0 Å². The number of alkyl halides is 3. The highest BCUT2D eigenvalue weighted by atomic mass is 19.4. The van der Waals surface area contributed by atoms with Gasteiger partial charge in [-0.05, 0) is 64.0 Å². The summed E-state index contributed by atoms with van der Waals surface area (Å²) in [6.45, 7) is 5.28. The molecule has 0 amide bonds. The van der Waals surface area contributed by atoms with E-state index >= 15 is 0 Å². The number of benzene rings is 1. The number of rotatable bonds is 8. The molecule has 154 valence electrons. The Hall–Kier alpha value is -2.13. The van der Waals surface area contributed by atoms with Crippen LogP contribution in [0, 0.1) is 0 Å². The second-order valence-electron chi connectivity index (χ2n) is 7.23. The third-order valence-electron chi connectivity index (χ3n) is 4.69. The zero-order valence-corrected chi connectivity index (χ0v) is 16.0. The maximum atomic E-state index is 12.8. The van der Waals surface area contributed by atoms with Gasteiger partial charge in [0.05, 0.1) is 0 Å². The number of aromatic nitrogens is 2. The summed E-state index contributed by atoms with van der Waals surface area (Å²) in [6, 6.07) is 7.16. The van der Waals surface area contributed by atoms with Crippen LogP contribution in [0.4, 0.5) is 13.2 Å². The molecule has 2 aromatic rings.